The molecule has 0 aliphatic heterocycles. The maximum absolute atomic E-state index is 12.8. The van der Waals surface area contributed by atoms with Gasteiger partial charge in [0, 0.05) is 36.5 Å². The molecule has 1 aliphatic rings. The Morgan fingerprint density at radius 2 is 1.88 bits per heavy atom. The van der Waals surface area contributed by atoms with Crippen molar-refractivity contribution in [3.8, 4) is 11.4 Å². The Hall–Kier alpha value is -2.91. The molecule has 1 heterocycles. The Morgan fingerprint density at radius 3 is 2.53 bits per heavy atom. The molecule has 32 heavy (non-hydrogen) atoms. The van der Waals surface area contributed by atoms with Crippen LogP contribution in [0.3, 0.4) is 0 Å². The summed E-state index contributed by atoms with van der Waals surface area (Å²) in [4.78, 5) is 24.7. The van der Waals surface area contributed by atoms with Crippen molar-refractivity contribution >= 4 is 40.6 Å². The van der Waals surface area contributed by atoms with Crippen LogP contribution in [-0.4, -0.2) is 38.4 Å². The highest BCUT2D eigenvalue weighted by Crippen LogP contribution is 2.38. The molecule has 0 unspecified atom stereocenters. The van der Waals surface area contributed by atoms with E-state index in [0.717, 1.165) is 37.1 Å². The summed E-state index contributed by atoms with van der Waals surface area (Å²) >= 11 is 7.76. The van der Waals surface area contributed by atoms with Gasteiger partial charge >= 0.3 is 0 Å². The van der Waals surface area contributed by atoms with Crippen molar-refractivity contribution in [2.24, 2.45) is 0 Å². The highest BCUT2D eigenvalue weighted by atomic mass is 35.5. The number of nitrogens with zero attached hydrogens (tertiary/aromatic N) is 5. The smallest absolute Gasteiger partial charge is 0.269 e. The molecule has 0 atom stereocenters. The molecule has 1 aromatic heterocycles. The minimum atomic E-state index is -0.464. The van der Waals surface area contributed by atoms with Gasteiger partial charge in [0.05, 0.1) is 15.7 Å². The first-order valence-corrected chi connectivity index (χ1v) is 11.7. The van der Waals surface area contributed by atoms with E-state index in [0.29, 0.717) is 15.9 Å². The summed E-state index contributed by atoms with van der Waals surface area (Å²) in [6.07, 6.45) is 4.38. The molecule has 1 amide bonds. The first-order valence-electron chi connectivity index (χ1n) is 10.3. The quantitative estimate of drug-likeness (QED) is 0.261. The number of nitro groups is 1. The van der Waals surface area contributed by atoms with Crippen LogP contribution >= 0.6 is 23.4 Å². The van der Waals surface area contributed by atoms with E-state index < -0.39 is 4.92 Å². The van der Waals surface area contributed by atoms with Crippen LogP contribution in [0, 0.1) is 10.1 Å². The Morgan fingerprint density at radius 1 is 1.19 bits per heavy atom. The van der Waals surface area contributed by atoms with E-state index in [1.165, 1.54) is 28.8 Å². The third-order valence-electron chi connectivity index (χ3n) is 5.62. The largest absolute Gasteiger partial charge is 0.315 e. The summed E-state index contributed by atoms with van der Waals surface area (Å²) in [5, 5.41) is 21.0. The predicted octanol–water partition coefficient (Wildman–Crippen LogP) is 5.38. The summed E-state index contributed by atoms with van der Waals surface area (Å²) in [7, 11) is 1.65. The van der Waals surface area contributed by atoms with Crippen LogP contribution in [0.2, 0.25) is 5.02 Å². The van der Waals surface area contributed by atoms with Gasteiger partial charge in [-0.15, -0.1) is 10.2 Å². The second kappa shape index (κ2) is 9.70. The standard InChI is InChI=1S/C22H22ClN5O3S/c1-26(15-10-12-17(13-11-15)28(30)31)20(29)14-32-22-25-24-21(18-8-4-5-9-19(18)23)27(22)16-6-2-3-7-16/h4-5,8-13,16H,2-3,6-7,14H2,1H3. The van der Waals surface area contributed by atoms with Gasteiger partial charge in [0.15, 0.2) is 11.0 Å². The molecule has 3 aromatic rings. The third-order valence-corrected chi connectivity index (χ3v) is 6.87. The molecule has 4 rings (SSSR count). The number of halogens is 1. The first-order chi connectivity index (χ1) is 15.5. The second-order valence-corrected chi connectivity index (χ2v) is 8.96. The van der Waals surface area contributed by atoms with Crippen molar-refractivity contribution in [2.45, 2.75) is 36.9 Å². The number of benzene rings is 2. The summed E-state index contributed by atoms with van der Waals surface area (Å²) in [5.74, 6) is 0.756. The fraction of sp³-hybridized carbons (Fsp3) is 0.318. The predicted molar refractivity (Wildman–Crippen MR) is 125 cm³/mol. The molecule has 0 saturated heterocycles. The summed E-state index contributed by atoms with van der Waals surface area (Å²) in [5.41, 5.74) is 1.41. The van der Waals surface area contributed by atoms with Crippen molar-refractivity contribution in [1.82, 2.24) is 14.8 Å². The lowest BCUT2D eigenvalue weighted by Crippen LogP contribution is -2.28. The zero-order valence-corrected chi connectivity index (χ0v) is 19.1. The molecular formula is C22H22ClN5O3S. The Labute approximate surface area is 194 Å². The number of hydrogen-bond acceptors (Lipinski definition) is 6. The van der Waals surface area contributed by atoms with Crippen molar-refractivity contribution in [2.75, 3.05) is 17.7 Å². The number of aromatic nitrogens is 3. The maximum Gasteiger partial charge on any atom is 0.269 e. The number of carbonyl (C=O) groups excluding carboxylic acids is 1. The molecule has 0 radical (unpaired) electrons. The third kappa shape index (κ3) is 4.63. The molecule has 10 heteroatoms. The van der Waals surface area contributed by atoms with Gasteiger partial charge < -0.3 is 4.90 Å². The van der Waals surface area contributed by atoms with Crippen molar-refractivity contribution < 1.29 is 9.72 Å². The van der Waals surface area contributed by atoms with E-state index in [-0.39, 0.29) is 23.4 Å². The topological polar surface area (TPSA) is 94.2 Å². The first kappa shape index (κ1) is 22.3. The van der Waals surface area contributed by atoms with Crippen LogP contribution in [0.5, 0.6) is 0 Å². The fourth-order valence-electron chi connectivity index (χ4n) is 3.86. The van der Waals surface area contributed by atoms with Crippen LogP contribution in [0.25, 0.3) is 11.4 Å². The van der Waals surface area contributed by atoms with Gasteiger partial charge in [-0.2, -0.15) is 0 Å². The van der Waals surface area contributed by atoms with Gasteiger partial charge in [0.1, 0.15) is 0 Å². The minimum Gasteiger partial charge on any atom is -0.315 e. The van der Waals surface area contributed by atoms with Gasteiger partial charge in [-0.05, 0) is 37.1 Å². The zero-order chi connectivity index (χ0) is 22.7. The highest BCUT2D eigenvalue weighted by Gasteiger charge is 2.26. The van der Waals surface area contributed by atoms with E-state index in [1.807, 2.05) is 24.3 Å². The molecule has 1 fully saturated rings. The fourth-order valence-corrected chi connectivity index (χ4v) is 5.00. The Bertz CT molecular complexity index is 1130. The Balaban J connectivity index is 1.53. The summed E-state index contributed by atoms with van der Waals surface area (Å²) in [6.45, 7) is 0. The molecule has 166 valence electrons. The number of nitro benzene ring substituents is 1. The number of non-ortho nitro benzene ring substituents is 1. The van der Waals surface area contributed by atoms with E-state index in [9.17, 15) is 14.9 Å². The Kier molecular flexibility index (Phi) is 6.76. The molecule has 2 aromatic carbocycles. The van der Waals surface area contributed by atoms with Gasteiger partial charge in [-0.3, -0.25) is 19.5 Å². The van der Waals surface area contributed by atoms with Gasteiger partial charge in [-0.25, -0.2) is 0 Å². The number of amides is 1. The van der Waals surface area contributed by atoms with Crippen LogP contribution in [-0.2, 0) is 4.79 Å². The SMILES string of the molecule is CN(C(=O)CSc1nnc(-c2ccccc2Cl)n1C1CCCC1)c1ccc([N+](=O)[O-])cc1. The zero-order valence-electron chi connectivity index (χ0n) is 17.5. The van der Waals surface area contributed by atoms with Crippen molar-refractivity contribution in [1.29, 1.82) is 0 Å². The van der Waals surface area contributed by atoms with Crippen molar-refractivity contribution in [3.05, 3.63) is 63.7 Å². The molecule has 8 nitrogen and oxygen atoms in total. The number of carbonyl (C=O) groups is 1. The van der Waals surface area contributed by atoms with E-state index >= 15 is 0 Å². The number of hydrogen-bond donors (Lipinski definition) is 0. The molecule has 1 aliphatic carbocycles. The van der Waals surface area contributed by atoms with Crippen LogP contribution in [0.15, 0.2) is 53.7 Å². The average molecular weight is 472 g/mol. The maximum atomic E-state index is 12.8. The van der Waals surface area contributed by atoms with E-state index in [2.05, 4.69) is 14.8 Å². The summed E-state index contributed by atoms with van der Waals surface area (Å²) in [6, 6.07) is 13.8. The van der Waals surface area contributed by atoms with Crippen LogP contribution in [0.4, 0.5) is 11.4 Å². The molecular weight excluding hydrogens is 450 g/mol. The molecule has 1 saturated carbocycles. The monoisotopic (exact) mass is 471 g/mol. The van der Waals surface area contributed by atoms with Crippen molar-refractivity contribution in [3.63, 3.8) is 0 Å². The number of anilines is 1. The molecule has 0 spiro atoms. The second-order valence-electron chi connectivity index (χ2n) is 7.61. The lowest BCUT2D eigenvalue weighted by molar-refractivity contribution is -0.384. The van der Waals surface area contributed by atoms with Crippen LogP contribution < -0.4 is 4.90 Å². The van der Waals surface area contributed by atoms with Crippen LogP contribution in [0.1, 0.15) is 31.7 Å². The normalized spacial score (nSPS) is 13.9. The van der Waals surface area contributed by atoms with E-state index in [1.54, 1.807) is 19.2 Å². The average Bonchev–Trinajstić information content (AvgIpc) is 3.47. The van der Waals surface area contributed by atoms with Gasteiger partial charge in [-0.1, -0.05) is 48.3 Å². The minimum absolute atomic E-state index is 0.0132. The lowest BCUT2D eigenvalue weighted by Gasteiger charge is -2.19. The van der Waals surface area contributed by atoms with E-state index in [4.69, 9.17) is 11.6 Å². The molecule has 0 bridgehead atoms. The number of rotatable bonds is 7. The van der Waals surface area contributed by atoms with Gasteiger partial charge in [0.25, 0.3) is 5.69 Å². The highest BCUT2D eigenvalue weighted by molar-refractivity contribution is 7.99. The summed E-state index contributed by atoms with van der Waals surface area (Å²) < 4.78 is 2.12. The lowest BCUT2D eigenvalue weighted by atomic mass is 10.2. The van der Waals surface area contributed by atoms with Gasteiger partial charge in [0.2, 0.25) is 5.91 Å². The number of thioether (sulfide) groups is 1. The molecule has 0 N–H and O–H groups in total.